The summed E-state index contributed by atoms with van der Waals surface area (Å²) in [7, 11) is -9.39. The van der Waals surface area contributed by atoms with Crippen molar-refractivity contribution >= 4 is 55.7 Å². The number of carboxylic acid groups (broad SMARTS) is 1. The molecule has 0 aromatic heterocycles. The zero-order valence-corrected chi connectivity index (χ0v) is 23.4. The number of carbonyl (C=O) groups excluding carboxylic acids is 5. The highest BCUT2D eigenvalue weighted by atomic mass is 32.2. The van der Waals surface area contributed by atoms with Crippen LogP contribution in [0, 0.1) is 17.8 Å². The summed E-state index contributed by atoms with van der Waals surface area (Å²) in [5.41, 5.74) is 0.585. The van der Waals surface area contributed by atoms with Gasteiger partial charge in [0.25, 0.3) is 20.2 Å². The van der Waals surface area contributed by atoms with Crippen molar-refractivity contribution in [3.8, 4) is 0 Å². The van der Waals surface area contributed by atoms with Gasteiger partial charge in [-0.05, 0) is 24.8 Å². The Hall–Kier alpha value is -3.94. The molecule has 0 bridgehead atoms. The largest absolute Gasteiger partial charge is 0.481 e. The Kier molecular flexibility index (Phi) is 12.1. The highest BCUT2D eigenvalue weighted by Gasteiger charge is 2.42. The maximum absolute atomic E-state index is 13.1. The van der Waals surface area contributed by atoms with E-state index >= 15 is 0 Å². The van der Waals surface area contributed by atoms with Gasteiger partial charge in [0.2, 0.25) is 23.5 Å². The minimum atomic E-state index is -4.73. The molecular weight excluding hydrogens is 606 g/mol. The minimum absolute atomic E-state index is 0.232. The SMILES string of the molecule is O=C(CC(NC(=O)[C@@H]1C[C@H](C(=O)O)C[C@H](C(=O)C(=O)OCc2ccccc2)C1)C(=O)NCS(=O)(=O)O)NCS(=O)(=O)O. The van der Waals surface area contributed by atoms with Crippen molar-refractivity contribution in [2.45, 2.75) is 38.3 Å². The van der Waals surface area contributed by atoms with Gasteiger partial charge in [0.1, 0.15) is 24.4 Å². The predicted molar refractivity (Wildman–Crippen MR) is 139 cm³/mol. The molecule has 0 heterocycles. The van der Waals surface area contributed by atoms with Gasteiger partial charge in [-0.15, -0.1) is 0 Å². The fourth-order valence-corrected chi connectivity index (χ4v) is 4.79. The first-order valence-corrected chi connectivity index (χ1v) is 15.4. The van der Waals surface area contributed by atoms with Gasteiger partial charge in [0, 0.05) is 11.8 Å². The standard InChI is InChI=1S/C23H29N3O14S2/c27-18(24-11-41(34,35)36)9-17(21(30)25-12-42(37,38)39)26-20(29)15-6-14(7-16(8-15)22(31)32)19(28)23(33)40-10-13-4-2-1-3-5-13/h1-5,14-17H,6-12H2,(H,24,27)(H,25,30)(H,26,29)(H,31,32)(H,34,35,36)(H,37,38,39)/t14-,15+,16-,17?/m1/s1. The summed E-state index contributed by atoms with van der Waals surface area (Å²) < 4.78 is 66.4. The van der Waals surface area contributed by atoms with Crippen LogP contribution in [-0.4, -0.2) is 84.3 Å². The van der Waals surface area contributed by atoms with Crippen LogP contribution in [0.15, 0.2) is 30.3 Å². The monoisotopic (exact) mass is 635 g/mol. The van der Waals surface area contributed by atoms with Crippen molar-refractivity contribution < 1.29 is 64.6 Å². The third kappa shape index (κ3) is 11.9. The molecular formula is C23H29N3O14S2. The molecule has 17 nitrogen and oxygen atoms in total. The van der Waals surface area contributed by atoms with Crippen molar-refractivity contribution in [2.24, 2.45) is 17.8 Å². The van der Waals surface area contributed by atoms with E-state index in [0.29, 0.717) is 5.56 Å². The van der Waals surface area contributed by atoms with E-state index < -0.39 is 97.6 Å². The van der Waals surface area contributed by atoms with Crippen LogP contribution in [-0.2, 0) is 60.3 Å². The van der Waals surface area contributed by atoms with E-state index in [9.17, 15) is 50.7 Å². The Balaban J connectivity index is 2.16. The van der Waals surface area contributed by atoms with Gasteiger partial charge < -0.3 is 25.8 Å². The van der Waals surface area contributed by atoms with Crippen LogP contribution in [0.4, 0.5) is 0 Å². The lowest BCUT2D eigenvalue weighted by molar-refractivity contribution is -0.159. The van der Waals surface area contributed by atoms with E-state index in [4.69, 9.17) is 13.8 Å². The zero-order chi connectivity index (χ0) is 31.7. The van der Waals surface area contributed by atoms with Crippen molar-refractivity contribution in [3.63, 3.8) is 0 Å². The number of carbonyl (C=O) groups is 6. The smallest absolute Gasteiger partial charge is 0.375 e. The van der Waals surface area contributed by atoms with E-state index in [1.54, 1.807) is 41.0 Å². The molecule has 19 heteroatoms. The number of benzene rings is 1. The van der Waals surface area contributed by atoms with Gasteiger partial charge in [-0.25, -0.2) is 4.79 Å². The van der Waals surface area contributed by atoms with Crippen molar-refractivity contribution in [2.75, 3.05) is 11.8 Å². The minimum Gasteiger partial charge on any atom is -0.481 e. The second-order valence-electron chi connectivity index (χ2n) is 9.42. The molecule has 1 aromatic carbocycles. The van der Waals surface area contributed by atoms with Crippen LogP contribution in [0.2, 0.25) is 0 Å². The number of rotatable bonds is 14. The first kappa shape index (κ1) is 34.3. The van der Waals surface area contributed by atoms with E-state index in [1.165, 1.54) is 0 Å². The summed E-state index contributed by atoms with van der Waals surface area (Å²) >= 11 is 0. The first-order chi connectivity index (χ1) is 19.4. The third-order valence-electron chi connectivity index (χ3n) is 6.11. The molecule has 1 fully saturated rings. The summed E-state index contributed by atoms with van der Waals surface area (Å²) in [5, 5.41) is 15.2. The van der Waals surface area contributed by atoms with E-state index in [1.807, 2.05) is 0 Å². The normalized spacial score (nSPS) is 19.5. The first-order valence-electron chi connectivity index (χ1n) is 12.2. The van der Waals surface area contributed by atoms with Crippen molar-refractivity contribution in [1.29, 1.82) is 0 Å². The summed E-state index contributed by atoms with van der Waals surface area (Å²) in [6.07, 6.45) is -1.90. The quantitative estimate of drug-likeness (QED) is 0.0749. The summed E-state index contributed by atoms with van der Waals surface area (Å²) in [4.78, 5) is 74.7. The number of aliphatic carboxylic acids is 1. The molecule has 0 saturated heterocycles. The molecule has 4 atom stereocenters. The number of hydrogen-bond acceptors (Lipinski definition) is 11. The third-order valence-corrected chi connectivity index (χ3v) is 7.13. The van der Waals surface area contributed by atoms with Crippen LogP contribution in [0.1, 0.15) is 31.2 Å². The van der Waals surface area contributed by atoms with Crippen LogP contribution < -0.4 is 16.0 Å². The fraction of sp³-hybridized carbons (Fsp3) is 0.478. The summed E-state index contributed by atoms with van der Waals surface area (Å²) in [6.45, 7) is -0.232. The molecule has 1 aliphatic carbocycles. The van der Waals surface area contributed by atoms with Crippen LogP contribution in [0.25, 0.3) is 0 Å². The van der Waals surface area contributed by atoms with E-state index in [0.717, 1.165) is 0 Å². The summed E-state index contributed by atoms with van der Waals surface area (Å²) in [6, 6.07) is 6.51. The van der Waals surface area contributed by atoms with Crippen molar-refractivity contribution in [1.82, 2.24) is 16.0 Å². The fourth-order valence-electron chi connectivity index (χ4n) is 4.12. The number of amides is 3. The molecule has 3 amide bonds. The van der Waals surface area contributed by atoms with E-state index in [2.05, 4.69) is 5.32 Å². The molecule has 42 heavy (non-hydrogen) atoms. The van der Waals surface area contributed by atoms with Gasteiger partial charge in [0.05, 0.1) is 12.3 Å². The molecule has 1 aliphatic rings. The number of ether oxygens (including phenoxy) is 1. The average Bonchev–Trinajstić information content (AvgIpc) is 2.92. The van der Waals surface area contributed by atoms with Crippen LogP contribution in [0.5, 0.6) is 0 Å². The summed E-state index contributed by atoms with van der Waals surface area (Å²) in [5.74, 6) is -13.5. The lowest BCUT2D eigenvalue weighted by Crippen LogP contribution is -2.52. The molecule has 1 saturated carbocycles. The average molecular weight is 636 g/mol. The van der Waals surface area contributed by atoms with Crippen LogP contribution in [0.3, 0.4) is 0 Å². The van der Waals surface area contributed by atoms with Gasteiger partial charge in [-0.3, -0.25) is 33.1 Å². The number of ketones is 1. The Morgan fingerprint density at radius 2 is 1.38 bits per heavy atom. The number of esters is 1. The lowest BCUT2D eigenvalue weighted by Gasteiger charge is -2.32. The second kappa shape index (κ2) is 14.8. The predicted octanol–water partition coefficient (Wildman–Crippen LogP) is -1.79. The molecule has 0 aliphatic heterocycles. The number of hydrogen-bond donors (Lipinski definition) is 6. The second-order valence-corrected chi connectivity index (χ2v) is 12.3. The Labute approximate surface area is 239 Å². The molecule has 6 N–H and O–H groups in total. The molecule has 2 rings (SSSR count). The van der Waals surface area contributed by atoms with Gasteiger partial charge in [-0.1, -0.05) is 30.3 Å². The topological polar surface area (TPSA) is 277 Å². The number of Topliss-reactive ketones (excluding diaryl/α,β-unsaturated/α-hetero) is 1. The lowest BCUT2D eigenvalue weighted by atomic mass is 9.73. The number of carboxylic acids is 1. The van der Waals surface area contributed by atoms with Gasteiger partial charge >= 0.3 is 11.9 Å². The van der Waals surface area contributed by atoms with Gasteiger partial charge in [-0.2, -0.15) is 16.8 Å². The Morgan fingerprint density at radius 3 is 1.95 bits per heavy atom. The Bertz CT molecular complexity index is 1410. The maximum Gasteiger partial charge on any atom is 0.375 e. The molecule has 232 valence electrons. The van der Waals surface area contributed by atoms with Crippen LogP contribution >= 0.6 is 0 Å². The Morgan fingerprint density at radius 1 is 0.833 bits per heavy atom. The maximum atomic E-state index is 13.1. The highest BCUT2D eigenvalue weighted by Crippen LogP contribution is 2.35. The van der Waals surface area contributed by atoms with Gasteiger partial charge in [0.15, 0.2) is 0 Å². The molecule has 1 aromatic rings. The zero-order valence-electron chi connectivity index (χ0n) is 21.8. The molecule has 1 unspecified atom stereocenters. The number of nitrogens with one attached hydrogen (secondary N) is 3. The van der Waals surface area contributed by atoms with Crippen molar-refractivity contribution in [3.05, 3.63) is 35.9 Å². The van der Waals surface area contributed by atoms with E-state index in [-0.39, 0.29) is 25.9 Å². The molecule has 0 radical (unpaired) electrons. The molecule has 0 spiro atoms. The highest BCUT2D eigenvalue weighted by molar-refractivity contribution is 7.86.